The number of sulfonamides is 1. The number of nitrogens with one attached hydrogen (secondary N) is 2. The average molecular weight is 330 g/mol. The number of hydrogen-bond donors (Lipinski definition) is 2. The Balaban J connectivity index is 2.20. The molecular formula is C13H16ClN3O3S. The quantitative estimate of drug-likeness (QED) is 0.853. The molecule has 1 aromatic carbocycles. The fourth-order valence-corrected chi connectivity index (χ4v) is 3.14. The summed E-state index contributed by atoms with van der Waals surface area (Å²) in [5, 5.41) is 6.65. The second-order valence-corrected chi connectivity index (χ2v) is 6.52. The van der Waals surface area contributed by atoms with Crippen molar-refractivity contribution in [3.63, 3.8) is 0 Å². The molecule has 0 saturated carbocycles. The van der Waals surface area contributed by atoms with Gasteiger partial charge in [0.25, 0.3) is 10.0 Å². The van der Waals surface area contributed by atoms with Crippen LogP contribution in [0.1, 0.15) is 19.0 Å². The van der Waals surface area contributed by atoms with Gasteiger partial charge < -0.3 is 4.74 Å². The molecule has 1 heterocycles. The lowest BCUT2D eigenvalue weighted by atomic mass is 10.3. The van der Waals surface area contributed by atoms with Gasteiger partial charge in [-0.2, -0.15) is 5.10 Å². The fraction of sp³-hybridized carbons (Fsp3) is 0.308. The van der Waals surface area contributed by atoms with Crippen LogP contribution in [0.2, 0.25) is 5.02 Å². The third-order valence-corrected chi connectivity index (χ3v) is 4.51. The molecule has 0 aliphatic heterocycles. The van der Waals surface area contributed by atoms with E-state index in [9.17, 15) is 8.42 Å². The molecule has 21 heavy (non-hydrogen) atoms. The topological polar surface area (TPSA) is 84.1 Å². The first kappa shape index (κ1) is 15.7. The zero-order chi connectivity index (χ0) is 15.5. The van der Waals surface area contributed by atoms with Gasteiger partial charge in [0, 0.05) is 0 Å². The lowest BCUT2D eigenvalue weighted by molar-refractivity contribution is 0.317. The lowest BCUT2D eigenvalue weighted by Gasteiger charge is -2.10. The van der Waals surface area contributed by atoms with Crippen molar-refractivity contribution >= 4 is 27.3 Å². The van der Waals surface area contributed by atoms with Crippen LogP contribution in [0.15, 0.2) is 29.3 Å². The van der Waals surface area contributed by atoms with Crippen LogP contribution in [0.25, 0.3) is 0 Å². The van der Waals surface area contributed by atoms with Crippen molar-refractivity contribution < 1.29 is 13.2 Å². The molecule has 0 spiro atoms. The van der Waals surface area contributed by atoms with Crippen LogP contribution in [-0.4, -0.2) is 25.2 Å². The minimum Gasteiger partial charge on any atom is -0.492 e. The van der Waals surface area contributed by atoms with Crippen LogP contribution in [0.5, 0.6) is 5.75 Å². The number of H-pyrrole nitrogens is 1. The van der Waals surface area contributed by atoms with Gasteiger partial charge in [0.2, 0.25) is 0 Å². The summed E-state index contributed by atoms with van der Waals surface area (Å²) in [7, 11) is -3.69. The van der Waals surface area contributed by atoms with E-state index in [1.807, 2.05) is 6.92 Å². The summed E-state index contributed by atoms with van der Waals surface area (Å²) in [5.41, 5.74) is 0.834. The van der Waals surface area contributed by atoms with Crippen LogP contribution in [-0.2, 0) is 10.0 Å². The molecule has 0 fully saturated rings. The SMILES string of the molecule is CCCOc1ccc(NS(=O)(=O)c2cn[nH]c2C)cc1Cl. The maximum Gasteiger partial charge on any atom is 0.265 e. The lowest BCUT2D eigenvalue weighted by Crippen LogP contribution is -2.13. The number of hydrogen-bond acceptors (Lipinski definition) is 4. The molecule has 0 radical (unpaired) electrons. The van der Waals surface area contributed by atoms with Crippen molar-refractivity contribution in [2.45, 2.75) is 25.2 Å². The molecule has 0 aliphatic carbocycles. The highest BCUT2D eigenvalue weighted by molar-refractivity contribution is 7.92. The van der Waals surface area contributed by atoms with E-state index in [2.05, 4.69) is 14.9 Å². The summed E-state index contributed by atoms with van der Waals surface area (Å²) in [6.45, 7) is 4.18. The van der Waals surface area contributed by atoms with E-state index >= 15 is 0 Å². The highest BCUT2D eigenvalue weighted by Gasteiger charge is 2.19. The molecule has 0 aliphatic rings. The van der Waals surface area contributed by atoms with E-state index < -0.39 is 10.0 Å². The molecule has 0 unspecified atom stereocenters. The number of aromatic nitrogens is 2. The minimum absolute atomic E-state index is 0.102. The zero-order valence-electron chi connectivity index (χ0n) is 11.7. The van der Waals surface area contributed by atoms with Gasteiger partial charge in [0.05, 0.1) is 29.2 Å². The van der Waals surface area contributed by atoms with Crippen molar-refractivity contribution in [3.05, 3.63) is 35.1 Å². The first-order valence-electron chi connectivity index (χ1n) is 6.39. The predicted octanol–water partition coefficient (Wildman–Crippen LogP) is 2.96. The Labute approximate surface area is 128 Å². The highest BCUT2D eigenvalue weighted by atomic mass is 35.5. The Hall–Kier alpha value is -1.73. The molecule has 0 amide bonds. The molecule has 8 heteroatoms. The van der Waals surface area contributed by atoms with Crippen LogP contribution < -0.4 is 9.46 Å². The maximum absolute atomic E-state index is 12.2. The van der Waals surface area contributed by atoms with Crippen molar-refractivity contribution in [3.8, 4) is 5.75 Å². The number of aryl methyl sites for hydroxylation is 1. The first-order valence-corrected chi connectivity index (χ1v) is 8.25. The van der Waals surface area contributed by atoms with Gasteiger partial charge in [-0.1, -0.05) is 18.5 Å². The van der Waals surface area contributed by atoms with Gasteiger partial charge in [0.15, 0.2) is 0 Å². The van der Waals surface area contributed by atoms with E-state index in [-0.39, 0.29) is 4.90 Å². The second kappa shape index (κ2) is 6.36. The number of rotatable bonds is 6. The summed E-state index contributed by atoms with van der Waals surface area (Å²) in [6.07, 6.45) is 2.13. The van der Waals surface area contributed by atoms with Crippen molar-refractivity contribution in [2.24, 2.45) is 0 Å². The molecular weight excluding hydrogens is 314 g/mol. The molecule has 1 aromatic heterocycles. The monoisotopic (exact) mass is 329 g/mol. The van der Waals surface area contributed by atoms with Gasteiger partial charge in [0.1, 0.15) is 10.6 Å². The number of nitrogens with zero attached hydrogens (tertiary/aromatic N) is 1. The summed E-state index contributed by atoms with van der Waals surface area (Å²) >= 11 is 6.07. The Morgan fingerprint density at radius 2 is 2.19 bits per heavy atom. The van der Waals surface area contributed by atoms with E-state index in [1.165, 1.54) is 12.3 Å². The van der Waals surface area contributed by atoms with Gasteiger partial charge in [-0.25, -0.2) is 8.42 Å². The highest BCUT2D eigenvalue weighted by Crippen LogP contribution is 2.29. The number of aromatic amines is 1. The van der Waals surface area contributed by atoms with Crippen molar-refractivity contribution in [1.82, 2.24) is 10.2 Å². The summed E-state index contributed by atoms with van der Waals surface area (Å²) in [4.78, 5) is 0.102. The molecule has 114 valence electrons. The number of halogens is 1. The van der Waals surface area contributed by atoms with Crippen LogP contribution >= 0.6 is 11.6 Å². The number of anilines is 1. The molecule has 0 atom stereocenters. The second-order valence-electron chi connectivity index (χ2n) is 4.46. The van der Waals surface area contributed by atoms with Crippen LogP contribution in [0.3, 0.4) is 0 Å². The summed E-state index contributed by atoms with van der Waals surface area (Å²) in [6, 6.07) is 4.75. The Morgan fingerprint density at radius 3 is 2.76 bits per heavy atom. The van der Waals surface area contributed by atoms with E-state index in [0.29, 0.717) is 28.8 Å². The number of benzene rings is 1. The molecule has 0 saturated heterocycles. The number of ether oxygens (including phenoxy) is 1. The summed E-state index contributed by atoms with van der Waals surface area (Å²) in [5.74, 6) is 0.529. The molecule has 2 N–H and O–H groups in total. The van der Waals surface area contributed by atoms with E-state index in [4.69, 9.17) is 16.3 Å². The molecule has 0 bridgehead atoms. The third-order valence-electron chi connectivity index (χ3n) is 2.72. The third kappa shape index (κ3) is 3.68. The first-order chi connectivity index (χ1) is 9.94. The van der Waals surface area contributed by atoms with E-state index in [1.54, 1.807) is 19.1 Å². The van der Waals surface area contributed by atoms with Crippen LogP contribution in [0, 0.1) is 6.92 Å². The van der Waals surface area contributed by atoms with E-state index in [0.717, 1.165) is 6.42 Å². The normalized spacial score (nSPS) is 11.4. The largest absolute Gasteiger partial charge is 0.492 e. The zero-order valence-corrected chi connectivity index (χ0v) is 13.3. The van der Waals surface area contributed by atoms with Gasteiger partial charge >= 0.3 is 0 Å². The predicted molar refractivity (Wildman–Crippen MR) is 81.4 cm³/mol. The smallest absolute Gasteiger partial charge is 0.265 e. The van der Waals surface area contributed by atoms with Crippen molar-refractivity contribution in [2.75, 3.05) is 11.3 Å². The Kier molecular flexibility index (Phi) is 4.74. The minimum atomic E-state index is -3.69. The Bertz CT molecular complexity index is 728. The fourth-order valence-electron chi connectivity index (χ4n) is 1.71. The molecule has 2 rings (SSSR count). The molecule has 6 nitrogen and oxygen atoms in total. The average Bonchev–Trinajstić information content (AvgIpc) is 2.84. The standard InChI is InChI=1S/C13H16ClN3O3S/c1-3-6-20-12-5-4-10(7-11(12)14)17-21(18,19)13-8-15-16-9(13)2/h4-5,7-8,17H,3,6H2,1-2H3,(H,15,16). The van der Waals surface area contributed by atoms with Gasteiger partial charge in [-0.3, -0.25) is 9.82 Å². The van der Waals surface area contributed by atoms with Gasteiger partial charge in [-0.05, 0) is 31.5 Å². The summed E-state index contributed by atoms with van der Waals surface area (Å²) < 4.78 is 32.3. The van der Waals surface area contributed by atoms with Gasteiger partial charge in [-0.15, -0.1) is 0 Å². The molecule has 2 aromatic rings. The van der Waals surface area contributed by atoms with Crippen LogP contribution in [0.4, 0.5) is 5.69 Å². The van der Waals surface area contributed by atoms with Crippen molar-refractivity contribution in [1.29, 1.82) is 0 Å². The Morgan fingerprint density at radius 1 is 1.43 bits per heavy atom. The maximum atomic E-state index is 12.2.